The summed E-state index contributed by atoms with van der Waals surface area (Å²) in [7, 11) is 0. The van der Waals surface area contributed by atoms with Crippen LogP contribution in [-0.2, 0) is 9.59 Å². The number of hydrogen-bond donors (Lipinski definition) is 3. The first-order valence-electron chi connectivity index (χ1n) is 8.22. The smallest absolute Gasteiger partial charge is 0.307 e. The monoisotopic (exact) mass is 340 g/mol. The number of benzene rings is 1. The van der Waals surface area contributed by atoms with Crippen molar-refractivity contribution in [3.63, 3.8) is 0 Å². The molecule has 0 spiro atoms. The van der Waals surface area contributed by atoms with E-state index in [-0.39, 0.29) is 23.7 Å². The molecule has 1 fully saturated rings. The van der Waals surface area contributed by atoms with Crippen molar-refractivity contribution < 1.29 is 19.5 Å². The van der Waals surface area contributed by atoms with Crippen molar-refractivity contribution in [1.29, 1.82) is 0 Å². The van der Waals surface area contributed by atoms with Crippen LogP contribution in [0.1, 0.15) is 16.8 Å². The summed E-state index contributed by atoms with van der Waals surface area (Å²) in [5.41, 5.74) is 1.02. The quantitative estimate of drug-likeness (QED) is 0.691. The van der Waals surface area contributed by atoms with E-state index in [1.54, 1.807) is 30.3 Å². The summed E-state index contributed by atoms with van der Waals surface area (Å²) in [5, 5.41) is 14.9. The zero-order chi connectivity index (χ0) is 18.0. The Morgan fingerprint density at radius 1 is 1.12 bits per heavy atom. The molecule has 0 heterocycles. The maximum atomic E-state index is 12.6. The number of carboxylic acids is 1. The number of fused-ring (bicyclic) bond motifs is 2. The molecule has 2 aliphatic carbocycles. The first kappa shape index (κ1) is 17.0. The molecule has 6 nitrogen and oxygen atoms in total. The van der Waals surface area contributed by atoms with Crippen molar-refractivity contribution in [3.05, 3.63) is 54.6 Å². The molecule has 0 aromatic heterocycles. The van der Waals surface area contributed by atoms with E-state index < -0.39 is 17.8 Å². The summed E-state index contributed by atoms with van der Waals surface area (Å²) in [6, 6.07) is 6.51. The third kappa shape index (κ3) is 3.33. The van der Waals surface area contributed by atoms with E-state index in [9.17, 15) is 19.5 Å². The predicted molar refractivity (Wildman–Crippen MR) is 93.0 cm³/mol. The van der Waals surface area contributed by atoms with Crippen molar-refractivity contribution in [1.82, 2.24) is 5.32 Å². The summed E-state index contributed by atoms with van der Waals surface area (Å²) in [6.45, 7) is 3.92. The lowest BCUT2D eigenvalue weighted by Gasteiger charge is -2.23. The molecule has 0 aliphatic heterocycles. The number of anilines is 1. The van der Waals surface area contributed by atoms with Crippen LogP contribution in [0.4, 0.5) is 5.69 Å². The summed E-state index contributed by atoms with van der Waals surface area (Å²) < 4.78 is 0. The second kappa shape index (κ2) is 6.93. The predicted octanol–water partition coefficient (Wildman–Crippen LogP) is 2.06. The molecule has 2 aliphatic rings. The molecular formula is C19H20N2O4. The molecule has 2 amide bonds. The first-order valence-corrected chi connectivity index (χ1v) is 8.22. The van der Waals surface area contributed by atoms with Gasteiger partial charge in [-0.3, -0.25) is 14.4 Å². The van der Waals surface area contributed by atoms with Crippen LogP contribution in [0.5, 0.6) is 0 Å². The summed E-state index contributed by atoms with van der Waals surface area (Å²) in [6.07, 6.45) is 6.16. The van der Waals surface area contributed by atoms with E-state index in [4.69, 9.17) is 0 Å². The maximum absolute atomic E-state index is 12.6. The molecule has 3 N–H and O–H groups in total. The van der Waals surface area contributed by atoms with Gasteiger partial charge in [-0.25, -0.2) is 0 Å². The topological polar surface area (TPSA) is 95.5 Å². The number of carbonyl (C=O) groups excluding carboxylic acids is 2. The second-order valence-electron chi connectivity index (χ2n) is 6.40. The van der Waals surface area contributed by atoms with Crippen molar-refractivity contribution in [3.8, 4) is 0 Å². The van der Waals surface area contributed by atoms with Gasteiger partial charge in [-0.1, -0.05) is 18.2 Å². The molecule has 0 unspecified atom stereocenters. The highest BCUT2D eigenvalue weighted by Gasteiger charge is 2.51. The highest BCUT2D eigenvalue weighted by atomic mass is 16.4. The lowest BCUT2D eigenvalue weighted by molar-refractivity contribution is -0.146. The van der Waals surface area contributed by atoms with E-state index in [0.29, 0.717) is 17.8 Å². The summed E-state index contributed by atoms with van der Waals surface area (Å²) in [4.78, 5) is 35.9. The van der Waals surface area contributed by atoms with E-state index in [0.717, 1.165) is 6.42 Å². The van der Waals surface area contributed by atoms with E-state index in [1.807, 2.05) is 12.2 Å². The van der Waals surface area contributed by atoms with Crippen molar-refractivity contribution in [2.24, 2.45) is 23.7 Å². The van der Waals surface area contributed by atoms with Gasteiger partial charge in [0, 0.05) is 17.8 Å². The number of aliphatic carboxylic acids is 1. The third-order valence-corrected chi connectivity index (χ3v) is 4.87. The number of allylic oxidation sites excluding steroid dienone is 2. The van der Waals surface area contributed by atoms with Crippen molar-refractivity contribution in [2.75, 3.05) is 11.9 Å². The normalized spacial score (nSPS) is 26.2. The number of amides is 2. The fourth-order valence-electron chi connectivity index (χ4n) is 3.71. The molecule has 6 heteroatoms. The Balaban J connectivity index is 1.67. The van der Waals surface area contributed by atoms with Crippen LogP contribution in [0, 0.1) is 23.7 Å². The standard InChI is InChI=1S/C19H20N2O4/c1-2-9-20-17(22)11-5-7-14(8-6-11)21-18(23)15-12-3-4-13(10-12)16(15)19(24)25/h2-8,12-13,15-16H,1,9-10H2,(H,20,22)(H,21,23)(H,24,25)/t12-,13-,15-,16+/m0/s1. The van der Waals surface area contributed by atoms with Crippen LogP contribution in [0.2, 0.25) is 0 Å². The summed E-state index contributed by atoms with van der Waals surface area (Å²) in [5.74, 6) is -2.73. The molecular weight excluding hydrogens is 320 g/mol. The van der Waals surface area contributed by atoms with Gasteiger partial charge in [0.2, 0.25) is 5.91 Å². The number of nitrogens with one attached hydrogen (secondary N) is 2. The van der Waals surface area contributed by atoms with E-state index in [1.165, 1.54) is 0 Å². The fraction of sp³-hybridized carbons (Fsp3) is 0.316. The Hall–Kier alpha value is -2.89. The molecule has 0 saturated heterocycles. The second-order valence-corrected chi connectivity index (χ2v) is 6.40. The molecule has 1 saturated carbocycles. The van der Waals surface area contributed by atoms with Gasteiger partial charge in [0.15, 0.2) is 0 Å². The maximum Gasteiger partial charge on any atom is 0.307 e. The van der Waals surface area contributed by atoms with Crippen LogP contribution in [-0.4, -0.2) is 29.4 Å². The average molecular weight is 340 g/mol. The van der Waals surface area contributed by atoms with Gasteiger partial charge in [0.05, 0.1) is 11.8 Å². The fourth-order valence-corrected chi connectivity index (χ4v) is 3.71. The highest BCUT2D eigenvalue weighted by molar-refractivity contribution is 5.98. The zero-order valence-electron chi connectivity index (χ0n) is 13.6. The SMILES string of the molecule is C=CCNC(=O)c1ccc(NC(=O)[C@@H]2[C@H](C(=O)O)[C@H]3C=C[C@H]2C3)cc1. The molecule has 4 atom stereocenters. The minimum atomic E-state index is -0.925. The average Bonchev–Trinajstić information content (AvgIpc) is 3.21. The lowest BCUT2D eigenvalue weighted by Crippen LogP contribution is -2.36. The molecule has 1 aromatic carbocycles. The molecule has 25 heavy (non-hydrogen) atoms. The van der Waals surface area contributed by atoms with Gasteiger partial charge in [-0.2, -0.15) is 0 Å². The van der Waals surface area contributed by atoms with Gasteiger partial charge < -0.3 is 15.7 Å². The highest BCUT2D eigenvalue weighted by Crippen LogP contribution is 2.48. The third-order valence-electron chi connectivity index (χ3n) is 4.87. The van der Waals surface area contributed by atoms with E-state index in [2.05, 4.69) is 17.2 Å². The molecule has 3 rings (SSSR count). The molecule has 130 valence electrons. The minimum absolute atomic E-state index is 0.0185. The number of hydrogen-bond acceptors (Lipinski definition) is 3. The number of rotatable bonds is 6. The van der Waals surface area contributed by atoms with Crippen molar-refractivity contribution in [2.45, 2.75) is 6.42 Å². The van der Waals surface area contributed by atoms with Crippen LogP contribution < -0.4 is 10.6 Å². The summed E-state index contributed by atoms with van der Waals surface area (Å²) >= 11 is 0. The Morgan fingerprint density at radius 2 is 1.76 bits per heavy atom. The molecule has 2 bridgehead atoms. The van der Waals surface area contributed by atoms with Crippen LogP contribution in [0.3, 0.4) is 0 Å². The molecule has 1 aromatic rings. The minimum Gasteiger partial charge on any atom is -0.481 e. The van der Waals surface area contributed by atoms with Gasteiger partial charge in [-0.05, 0) is 42.5 Å². The van der Waals surface area contributed by atoms with Gasteiger partial charge >= 0.3 is 5.97 Å². The zero-order valence-corrected chi connectivity index (χ0v) is 13.6. The van der Waals surface area contributed by atoms with Gasteiger partial charge in [-0.15, -0.1) is 6.58 Å². The van der Waals surface area contributed by atoms with Gasteiger partial charge in [0.1, 0.15) is 0 Å². The Bertz CT molecular complexity index is 738. The van der Waals surface area contributed by atoms with Crippen LogP contribution in [0.15, 0.2) is 49.1 Å². The Labute approximate surface area is 145 Å². The van der Waals surface area contributed by atoms with Crippen LogP contribution in [0.25, 0.3) is 0 Å². The lowest BCUT2D eigenvalue weighted by atomic mass is 9.82. The number of carbonyl (C=O) groups is 3. The number of carboxylic acid groups (broad SMARTS) is 1. The Morgan fingerprint density at radius 3 is 2.36 bits per heavy atom. The van der Waals surface area contributed by atoms with Crippen molar-refractivity contribution >= 4 is 23.5 Å². The molecule has 0 radical (unpaired) electrons. The largest absolute Gasteiger partial charge is 0.481 e. The van der Waals surface area contributed by atoms with E-state index >= 15 is 0 Å². The Kier molecular flexibility index (Phi) is 4.70. The van der Waals surface area contributed by atoms with Crippen LogP contribution >= 0.6 is 0 Å². The first-order chi connectivity index (χ1) is 12.0. The van der Waals surface area contributed by atoms with Gasteiger partial charge in [0.25, 0.3) is 5.91 Å².